The molecule has 0 aliphatic heterocycles. The van der Waals surface area contributed by atoms with Crippen LogP contribution in [0.25, 0.3) is 0 Å². The molecule has 0 amide bonds. The van der Waals surface area contributed by atoms with Gasteiger partial charge in [-0.15, -0.1) is 0 Å². The molecule has 0 unspecified atom stereocenters. The Labute approximate surface area is 103 Å². The minimum atomic E-state index is 0.167. The fraction of sp³-hybridized carbons (Fsp3) is 0.462. The van der Waals surface area contributed by atoms with E-state index in [2.05, 4.69) is 37.4 Å². The maximum atomic E-state index is 8.84. The summed E-state index contributed by atoms with van der Waals surface area (Å²) in [7, 11) is 2.04. The van der Waals surface area contributed by atoms with Gasteiger partial charge in [0, 0.05) is 19.3 Å². The predicted molar refractivity (Wildman–Crippen MR) is 72.1 cm³/mol. The summed E-state index contributed by atoms with van der Waals surface area (Å²) in [6.07, 6.45) is 0. The smallest absolute Gasteiger partial charge is 0.0992 e. The van der Waals surface area contributed by atoms with Gasteiger partial charge in [-0.2, -0.15) is 17.9 Å². The second-order valence-electron chi connectivity index (χ2n) is 4.84. The Bertz CT molecular complexity index is 393. The fourth-order valence-corrected chi connectivity index (χ4v) is 1.70. The Morgan fingerprint density at radius 3 is 2.69 bits per heavy atom. The molecule has 0 radical (unpaired) electrons. The Kier molecular flexibility index (Phi) is 4.26. The van der Waals surface area contributed by atoms with Crippen LogP contribution in [-0.2, 0) is 0 Å². The van der Waals surface area contributed by atoms with Crippen LogP contribution in [0.15, 0.2) is 24.3 Å². The summed E-state index contributed by atoms with van der Waals surface area (Å²) >= 11 is 4.35. The first-order valence-electron chi connectivity index (χ1n) is 5.31. The molecule has 1 rings (SSSR count). The van der Waals surface area contributed by atoms with Gasteiger partial charge in [0.15, 0.2) is 0 Å². The monoisotopic (exact) mass is 234 g/mol. The summed E-state index contributed by atoms with van der Waals surface area (Å²) in [4.78, 5) is 2.16. The number of hydrogen-bond donors (Lipinski definition) is 1. The zero-order chi connectivity index (χ0) is 12.2. The summed E-state index contributed by atoms with van der Waals surface area (Å²) < 4.78 is 0. The van der Waals surface area contributed by atoms with Gasteiger partial charge in [0.05, 0.1) is 11.6 Å². The van der Waals surface area contributed by atoms with E-state index in [0.717, 1.165) is 18.0 Å². The third kappa shape index (κ3) is 3.46. The van der Waals surface area contributed by atoms with Crippen molar-refractivity contribution in [3.63, 3.8) is 0 Å². The van der Waals surface area contributed by atoms with Gasteiger partial charge in [-0.05, 0) is 29.4 Å². The molecule has 0 heterocycles. The lowest BCUT2D eigenvalue weighted by molar-refractivity contribution is 0.430. The van der Waals surface area contributed by atoms with Crippen LogP contribution in [-0.4, -0.2) is 19.3 Å². The molecule has 0 bridgehead atoms. The van der Waals surface area contributed by atoms with Crippen molar-refractivity contribution in [2.75, 3.05) is 24.2 Å². The Hall–Kier alpha value is -1.14. The van der Waals surface area contributed by atoms with E-state index in [-0.39, 0.29) is 5.41 Å². The van der Waals surface area contributed by atoms with E-state index >= 15 is 0 Å². The van der Waals surface area contributed by atoms with Crippen molar-refractivity contribution in [2.24, 2.45) is 5.41 Å². The molecule has 0 aliphatic rings. The summed E-state index contributed by atoms with van der Waals surface area (Å²) in [6, 6.07) is 9.83. The molecule has 0 spiro atoms. The second kappa shape index (κ2) is 5.27. The summed E-state index contributed by atoms with van der Waals surface area (Å²) in [5.74, 6) is 0.843. The topological polar surface area (TPSA) is 27.0 Å². The van der Waals surface area contributed by atoms with Gasteiger partial charge in [0.2, 0.25) is 0 Å². The van der Waals surface area contributed by atoms with E-state index < -0.39 is 0 Å². The van der Waals surface area contributed by atoms with Crippen LogP contribution >= 0.6 is 12.6 Å². The third-order valence-corrected chi connectivity index (χ3v) is 3.37. The Morgan fingerprint density at radius 1 is 1.44 bits per heavy atom. The van der Waals surface area contributed by atoms with E-state index in [1.165, 1.54) is 0 Å². The highest BCUT2D eigenvalue weighted by atomic mass is 32.1. The number of nitrogens with zero attached hydrogens (tertiary/aromatic N) is 2. The van der Waals surface area contributed by atoms with Gasteiger partial charge in [-0.3, -0.25) is 0 Å². The number of hydrogen-bond acceptors (Lipinski definition) is 3. The summed E-state index contributed by atoms with van der Waals surface area (Å²) in [6.45, 7) is 5.29. The van der Waals surface area contributed by atoms with Crippen LogP contribution in [0.2, 0.25) is 0 Å². The minimum absolute atomic E-state index is 0.167. The molecule has 1 aromatic rings. The van der Waals surface area contributed by atoms with Gasteiger partial charge < -0.3 is 4.90 Å². The summed E-state index contributed by atoms with van der Waals surface area (Å²) in [5.41, 5.74) is 1.95. The first-order valence-corrected chi connectivity index (χ1v) is 5.94. The normalized spacial score (nSPS) is 10.9. The Balaban J connectivity index is 2.81. The standard InChI is InChI=1S/C13H18N2S/c1-13(2,10-16)9-15(3)12-6-4-5-11(7-12)8-14/h4-7,16H,9-10H2,1-3H3. The fourth-order valence-electron chi connectivity index (χ4n) is 1.60. The average molecular weight is 234 g/mol. The molecule has 0 fully saturated rings. The van der Waals surface area contributed by atoms with Crippen molar-refractivity contribution in [1.82, 2.24) is 0 Å². The van der Waals surface area contributed by atoms with Gasteiger partial charge in [-0.25, -0.2) is 0 Å². The molecule has 0 atom stereocenters. The highest BCUT2D eigenvalue weighted by Crippen LogP contribution is 2.22. The van der Waals surface area contributed by atoms with Crippen LogP contribution < -0.4 is 4.90 Å². The van der Waals surface area contributed by atoms with Crippen LogP contribution in [0.4, 0.5) is 5.69 Å². The predicted octanol–water partition coefficient (Wildman–Crippen LogP) is 2.95. The van der Waals surface area contributed by atoms with E-state index in [0.29, 0.717) is 5.56 Å². The number of benzene rings is 1. The summed E-state index contributed by atoms with van der Waals surface area (Å²) in [5, 5.41) is 8.84. The zero-order valence-corrected chi connectivity index (χ0v) is 11.0. The lowest BCUT2D eigenvalue weighted by atomic mass is 9.95. The van der Waals surface area contributed by atoms with Gasteiger partial charge in [0.1, 0.15) is 0 Å². The Morgan fingerprint density at radius 2 is 2.12 bits per heavy atom. The molecule has 0 saturated heterocycles. The quantitative estimate of drug-likeness (QED) is 0.811. The highest BCUT2D eigenvalue weighted by molar-refractivity contribution is 7.80. The van der Waals surface area contributed by atoms with Crippen LogP contribution in [0, 0.1) is 16.7 Å². The lowest BCUT2D eigenvalue weighted by Crippen LogP contribution is -2.32. The molecule has 0 aromatic heterocycles. The molecule has 1 aromatic carbocycles. The van der Waals surface area contributed by atoms with Crippen molar-refractivity contribution in [3.8, 4) is 6.07 Å². The number of nitriles is 1. The molecule has 2 nitrogen and oxygen atoms in total. The molecule has 0 N–H and O–H groups in total. The van der Waals surface area contributed by atoms with Crippen LogP contribution in [0.5, 0.6) is 0 Å². The first kappa shape index (κ1) is 12.9. The number of thiol groups is 1. The first-order chi connectivity index (χ1) is 7.48. The molecule has 3 heteroatoms. The van der Waals surface area contributed by atoms with Crippen molar-refractivity contribution >= 4 is 18.3 Å². The van der Waals surface area contributed by atoms with Crippen molar-refractivity contribution in [1.29, 1.82) is 5.26 Å². The van der Waals surface area contributed by atoms with Gasteiger partial charge >= 0.3 is 0 Å². The van der Waals surface area contributed by atoms with Crippen LogP contribution in [0.1, 0.15) is 19.4 Å². The molecule has 0 saturated carbocycles. The maximum Gasteiger partial charge on any atom is 0.0992 e. The SMILES string of the molecule is CN(CC(C)(C)CS)c1cccc(C#N)c1. The van der Waals surface area contributed by atoms with E-state index in [4.69, 9.17) is 5.26 Å². The van der Waals surface area contributed by atoms with E-state index in [1.54, 1.807) is 0 Å². The minimum Gasteiger partial charge on any atom is -0.374 e. The molecule has 0 aliphatic carbocycles. The molecular weight excluding hydrogens is 216 g/mol. The van der Waals surface area contributed by atoms with Gasteiger partial charge in [-0.1, -0.05) is 19.9 Å². The number of anilines is 1. The largest absolute Gasteiger partial charge is 0.374 e. The second-order valence-corrected chi connectivity index (χ2v) is 5.16. The maximum absolute atomic E-state index is 8.84. The molecular formula is C13H18N2S. The third-order valence-electron chi connectivity index (χ3n) is 2.51. The molecule has 86 valence electrons. The van der Waals surface area contributed by atoms with Crippen molar-refractivity contribution in [3.05, 3.63) is 29.8 Å². The zero-order valence-electron chi connectivity index (χ0n) is 10.1. The van der Waals surface area contributed by atoms with Crippen molar-refractivity contribution in [2.45, 2.75) is 13.8 Å². The van der Waals surface area contributed by atoms with Gasteiger partial charge in [0.25, 0.3) is 0 Å². The highest BCUT2D eigenvalue weighted by Gasteiger charge is 2.18. The average Bonchev–Trinajstić information content (AvgIpc) is 2.28. The van der Waals surface area contributed by atoms with Crippen molar-refractivity contribution < 1.29 is 0 Å². The molecule has 16 heavy (non-hydrogen) atoms. The van der Waals surface area contributed by atoms with E-state index in [1.807, 2.05) is 31.3 Å². The van der Waals surface area contributed by atoms with E-state index in [9.17, 15) is 0 Å². The number of rotatable bonds is 4. The lowest BCUT2D eigenvalue weighted by Gasteiger charge is -2.30. The van der Waals surface area contributed by atoms with Crippen LogP contribution in [0.3, 0.4) is 0 Å².